The number of aliphatic hydroxyl groups is 1. The molecule has 19 heteroatoms. The summed E-state index contributed by atoms with van der Waals surface area (Å²) >= 11 is 0. The van der Waals surface area contributed by atoms with Gasteiger partial charge in [0, 0.05) is 25.7 Å². The fraction of sp³-hybridized carbons (Fsp3) is 0.952. The Balaban J connectivity index is 5.20. The molecule has 0 aromatic carbocycles. The fourth-order valence-corrected chi connectivity index (χ4v) is 14.6. The van der Waals surface area contributed by atoms with Crippen LogP contribution in [-0.4, -0.2) is 96.7 Å². The number of ether oxygens (including phenoxy) is 4. The van der Waals surface area contributed by atoms with Crippen molar-refractivity contribution in [2.24, 2.45) is 11.8 Å². The van der Waals surface area contributed by atoms with Gasteiger partial charge in [0.1, 0.15) is 19.3 Å². The number of hydrogen-bond donors (Lipinski definition) is 3. The summed E-state index contributed by atoms with van der Waals surface area (Å²) in [5.41, 5.74) is 0. The minimum absolute atomic E-state index is 0.107. The highest BCUT2D eigenvalue weighted by molar-refractivity contribution is 7.47. The fourth-order valence-electron chi connectivity index (χ4n) is 13.1. The van der Waals surface area contributed by atoms with Crippen molar-refractivity contribution < 1.29 is 80.2 Å². The maximum atomic E-state index is 13.1. The van der Waals surface area contributed by atoms with Crippen molar-refractivity contribution in [1.29, 1.82) is 0 Å². The molecule has 0 aliphatic heterocycles. The molecule has 0 aromatic heterocycles. The molecule has 103 heavy (non-hydrogen) atoms. The number of rotatable bonds is 83. The van der Waals surface area contributed by atoms with Gasteiger partial charge in [-0.15, -0.1) is 0 Å². The molecule has 0 saturated heterocycles. The summed E-state index contributed by atoms with van der Waals surface area (Å²) in [6, 6.07) is 0. The highest BCUT2D eigenvalue weighted by Crippen LogP contribution is 2.45. The summed E-state index contributed by atoms with van der Waals surface area (Å²) in [4.78, 5) is 73.1. The molecule has 2 unspecified atom stereocenters. The van der Waals surface area contributed by atoms with E-state index in [4.69, 9.17) is 37.0 Å². The summed E-state index contributed by atoms with van der Waals surface area (Å²) < 4.78 is 68.8. The predicted molar refractivity (Wildman–Crippen MR) is 423 cm³/mol. The Kier molecular flexibility index (Phi) is 74.1. The molecule has 3 N–H and O–H groups in total. The molecule has 0 bridgehead atoms. The Morgan fingerprint density at radius 2 is 0.447 bits per heavy atom. The lowest BCUT2D eigenvalue weighted by Gasteiger charge is -2.21. The van der Waals surface area contributed by atoms with Gasteiger partial charge in [-0.25, -0.2) is 9.13 Å². The SMILES string of the molecule is CCCCCCCCCCCCCCCCCCCCCCCCC(=O)O[C@H](COC(=O)CCCCCCCCCCCCCCCCC(C)C)COP(=O)(O)OC[C@@H](O)COP(=O)(O)OC[C@@H](COC(=O)CCCCCCCCCCC)OC(=O)CCCCCCCCCCCCCCC(C)C. The summed E-state index contributed by atoms with van der Waals surface area (Å²) in [5.74, 6) is -0.531. The molecule has 0 radical (unpaired) electrons. The summed E-state index contributed by atoms with van der Waals surface area (Å²) in [6.07, 6.45) is 66.7. The summed E-state index contributed by atoms with van der Waals surface area (Å²) in [5, 5.41) is 10.7. The largest absolute Gasteiger partial charge is 0.472 e. The molecule has 0 fully saturated rings. The third-order valence-electron chi connectivity index (χ3n) is 19.7. The lowest BCUT2D eigenvalue weighted by molar-refractivity contribution is -0.161. The molecule has 0 aromatic rings. The van der Waals surface area contributed by atoms with Crippen molar-refractivity contribution in [1.82, 2.24) is 0 Å². The molecule has 0 rings (SSSR count). The first-order chi connectivity index (χ1) is 49.9. The minimum Gasteiger partial charge on any atom is -0.462 e. The molecule has 0 saturated carbocycles. The van der Waals surface area contributed by atoms with Crippen LogP contribution in [0.3, 0.4) is 0 Å². The van der Waals surface area contributed by atoms with Crippen LogP contribution in [0.1, 0.15) is 446 Å². The second kappa shape index (κ2) is 75.5. The number of carbonyl (C=O) groups is 4. The molecule has 612 valence electrons. The number of esters is 4. The van der Waals surface area contributed by atoms with Crippen LogP contribution < -0.4 is 0 Å². The molecular weight excluding hydrogens is 1340 g/mol. The molecule has 0 amide bonds. The van der Waals surface area contributed by atoms with Crippen molar-refractivity contribution in [2.45, 2.75) is 464 Å². The van der Waals surface area contributed by atoms with E-state index in [1.165, 1.54) is 263 Å². The number of hydrogen-bond acceptors (Lipinski definition) is 15. The van der Waals surface area contributed by atoms with Gasteiger partial charge in [-0.3, -0.25) is 37.3 Å². The first kappa shape index (κ1) is 101. The average molecular weight is 1510 g/mol. The number of unbranched alkanes of at least 4 members (excludes halogenated alkanes) is 53. The first-order valence-electron chi connectivity index (χ1n) is 43.5. The third-order valence-corrected chi connectivity index (χ3v) is 21.6. The van der Waals surface area contributed by atoms with E-state index >= 15 is 0 Å². The third kappa shape index (κ3) is 78.0. The molecule has 0 heterocycles. The summed E-state index contributed by atoms with van der Waals surface area (Å²) in [7, 11) is -9.92. The second-order valence-corrected chi connectivity index (χ2v) is 34.1. The van der Waals surface area contributed by atoms with E-state index in [0.717, 1.165) is 102 Å². The first-order valence-corrected chi connectivity index (χ1v) is 46.5. The number of carbonyl (C=O) groups excluding carboxylic acids is 4. The Labute approximate surface area is 632 Å². The molecular formula is C84H164O17P2. The Morgan fingerprint density at radius 3 is 0.660 bits per heavy atom. The van der Waals surface area contributed by atoms with Gasteiger partial charge in [0.05, 0.1) is 26.4 Å². The van der Waals surface area contributed by atoms with E-state index in [0.29, 0.717) is 25.7 Å². The van der Waals surface area contributed by atoms with Gasteiger partial charge in [-0.05, 0) is 37.5 Å². The van der Waals surface area contributed by atoms with Crippen molar-refractivity contribution in [3.63, 3.8) is 0 Å². The zero-order valence-electron chi connectivity index (χ0n) is 67.6. The molecule has 17 nitrogen and oxygen atoms in total. The molecule has 5 atom stereocenters. The van der Waals surface area contributed by atoms with Gasteiger partial charge in [0.25, 0.3) is 0 Å². The summed E-state index contributed by atoms with van der Waals surface area (Å²) in [6.45, 7) is 9.67. The van der Waals surface area contributed by atoms with Gasteiger partial charge >= 0.3 is 39.5 Å². The zero-order valence-corrected chi connectivity index (χ0v) is 69.4. The van der Waals surface area contributed by atoms with Crippen LogP contribution in [0.15, 0.2) is 0 Å². The van der Waals surface area contributed by atoms with Gasteiger partial charge in [0.2, 0.25) is 0 Å². The zero-order chi connectivity index (χ0) is 75.6. The lowest BCUT2D eigenvalue weighted by Crippen LogP contribution is -2.30. The number of phosphoric acid groups is 2. The quantitative estimate of drug-likeness (QED) is 0.0222. The highest BCUT2D eigenvalue weighted by atomic mass is 31.2. The lowest BCUT2D eigenvalue weighted by atomic mass is 10.0. The van der Waals surface area contributed by atoms with Crippen molar-refractivity contribution in [3.05, 3.63) is 0 Å². The smallest absolute Gasteiger partial charge is 0.462 e. The number of aliphatic hydroxyl groups excluding tert-OH is 1. The Hall–Kier alpha value is -1.94. The molecule has 0 aliphatic carbocycles. The Morgan fingerprint density at radius 1 is 0.262 bits per heavy atom. The standard InChI is InChI=1S/C84H164O17P2/c1-7-9-11-13-15-17-18-19-20-21-22-23-24-25-26-27-32-38-44-50-56-62-68-83(88)101-80(73-95-82(87)67-61-55-49-43-37-31-29-28-30-35-41-46-52-58-64-76(3)4)75-99-103(92,93)97-71-78(85)70-96-102(90,91)98-74-79(72-94-81(86)66-60-54-48-40-16-14-12-10-8-2)100-84(89)69-63-57-51-45-39-34-33-36-42-47-53-59-65-77(5)6/h76-80,85H,7-75H2,1-6H3,(H,90,91)(H,92,93)/t78-,79+,80+/m0/s1. The van der Waals surface area contributed by atoms with Crippen LogP contribution in [0.5, 0.6) is 0 Å². The van der Waals surface area contributed by atoms with E-state index in [1.807, 2.05) is 0 Å². The van der Waals surface area contributed by atoms with Crippen LogP contribution in [-0.2, 0) is 65.4 Å². The van der Waals surface area contributed by atoms with E-state index in [-0.39, 0.29) is 25.7 Å². The minimum atomic E-state index is -4.96. The van der Waals surface area contributed by atoms with E-state index in [9.17, 15) is 43.2 Å². The van der Waals surface area contributed by atoms with Crippen molar-refractivity contribution in [3.8, 4) is 0 Å². The van der Waals surface area contributed by atoms with Crippen LogP contribution in [0, 0.1) is 11.8 Å². The van der Waals surface area contributed by atoms with Gasteiger partial charge < -0.3 is 33.8 Å². The highest BCUT2D eigenvalue weighted by Gasteiger charge is 2.30. The van der Waals surface area contributed by atoms with Crippen molar-refractivity contribution >= 4 is 39.5 Å². The predicted octanol–water partition coefficient (Wildman–Crippen LogP) is 25.5. The van der Waals surface area contributed by atoms with Gasteiger partial charge in [-0.2, -0.15) is 0 Å². The average Bonchev–Trinajstić information content (AvgIpc) is 0.922. The normalized spacial score (nSPS) is 13.9. The molecule has 0 aliphatic rings. The van der Waals surface area contributed by atoms with Crippen LogP contribution in [0.2, 0.25) is 0 Å². The van der Waals surface area contributed by atoms with Crippen LogP contribution in [0.25, 0.3) is 0 Å². The number of phosphoric ester groups is 2. The topological polar surface area (TPSA) is 237 Å². The van der Waals surface area contributed by atoms with E-state index in [2.05, 4.69) is 41.5 Å². The van der Waals surface area contributed by atoms with Crippen molar-refractivity contribution in [2.75, 3.05) is 39.6 Å². The van der Waals surface area contributed by atoms with E-state index < -0.39 is 97.5 Å². The van der Waals surface area contributed by atoms with Crippen LogP contribution >= 0.6 is 15.6 Å². The second-order valence-electron chi connectivity index (χ2n) is 31.2. The van der Waals surface area contributed by atoms with Gasteiger partial charge in [-0.1, -0.05) is 395 Å². The monoisotopic (exact) mass is 1510 g/mol. The maximum Gasteiger partial charge on any atom is 0.472 e. The van der Waals surface area contributed by atoms with E-state index in [1.54, 1.807) is 0 Å². The van der Waals surface area contributed by atoms with Crippen LogP contribution in [0.4, 0.5) is 0 Å². The Bertz CT molecular complexity index is 1980. The molecule has 0 spiro atoms. The maximum absolute atomic E-state index is 13.1. The van der Waals surface area contributed by atoms with Gasteiger partial charge in [0.15, 0.2) is 12.2 Å².